The van der Waals surface area contributed by atoms with Crippen LogP contribution in [0.25, 0.3) is 5.69 Å². The van der Waals surface area contributed by atoms with Gasteiger partial charge in [0.1, 0.15) is 0 Å². The van der Waals surface area contributed by atoms with Crippen LogP contribution in [0.5, 0.6) is 5.75 Å². The van der Waals surface area contributed by atoms with Gasteiger partial charge < -0.3 is 10.4 Å². The van der Waals surface area contributed by atoms with Gasteiger partial charge in [0.15, 0.2) is 11.6 Å². The molecule has 19 heavy (non-hydrogen) atoms. The van der Waals surface area contributed by atoms with Gasteiger partial charge in [-0.15, -0.1) is 5.10 Å². The van der Waals surface area contributed by atoms with Gasteiger partial charge in [0.25, 0.3) is 0 Å². The Bertz CT molecular complexity index is 662. The number of rotatable bonds is 3. The van der Waals surface area contributed by atoms with Crippen molar-refractivity contribution in [2.45, 2.75) is 0 Å². The first kappa shape index (κ1) is 11.3. The van der Waals surface area contributed by atoms with Crippen molar-refractivity contribution in [1.29, 1.82) is 0 Å². The Morgan fingerprint density at radius 3 is 2.21 bits per heavy atom. The molecule has 0 unspecified atom stereocenters. The summed E-state index contributed by atoms with van der Waals surface area (Å²) in [4.78, 5) is 0. The van der Waals surface area contributed by atoms with Crippen LogP contribution in [-0.2, 0) is 0 Å². The number of nitrogens with one attached hydrogen (secondary N) is 1. The highest BCUT2D eigenvalue weighted by Gasteiger charge is 2.08. The molecule has 4 heteroatoms. The number of anilines is 2. The normalized spacial score (nSPS) is 10.3. The third-order valence-electron chi connectivity index (χ3n) is 2.75. The van der Waals surface area contributed by atoms with Crippen LogP contribution in [-0.4, -0.2) is 14.9 Å². The molecule has 3 aromatic rings. The van der Waals surface area contributed by atoms with Crippen molar-refractivity contribution in [2.24, 2.45) is 0 Å². The minimum Gasteiger partial charge on any atom is -0.503 e. The van der Waals surface area contributed by atoms with Crippen LogP contribution >= 0.6 is 0 Å². The highest BCUT2D eigenvalue weighted by molar-refractivity contribution is 5.61. The van der Waals surface area contributed by atoms with E-state index in [1.165, 1.54) is 0 Å². The Hall–Kier alpha value is -2.75. The lowest BCUT2D eigenvalue weighted by atomic mass is 10.3. The summed E-state index contributed by atoms with van der Waals surface area (Å²) in [6.45, 7) is 0. The molecule has 94 valence electrons. The fraction of sp³-hybridized carbons (Fsp3) is 0. The molecule has 0 saturated carbocycles. The Labute approximate surface area is 110 Å². The Balaban J connectivity index is 1.90. The quantitative estimate of drug-likeness (QED) is 0.750. The summed E-state index contributed by atoms with van der Waals surface area (Å²) < 4.78 is 1.64. The van der Waals surface area contributed by atoms with Crippen LogP contribution in [0.15, 0.2) is 66.9 Å². The predicted octanol–water partition coefficient (Wildman–Crippen LogP) is 3.32. The molecule has 0 saturated heterocycles. The fourth-order valence-corrected chi connectivity index (χ4v) is 1.83. The first-order chi connectivity index (χ1) is 9.33. The van der Waals surface area contributed by atoms with Gasteiger partial charge >= 0.3 is 0 Å². The maximum Gasteiger partial charge on any atom is 0.195 e. The maximum absolute atomic E-state index is 9.91. The summed E-state index contributed by atoms with van der Waals surface area (Å²) >= 11 is 0. The van der Waals surface area contributed by atoms with E-state index >= 15 is 0 Å². The first-order valence-corrected chi connectivity index (χ1v) is 5.99. The average molecular weight is 251 g/mol. The average Bonchev–Trinajstić information content (AvgIpc) is 2.82. The highest BCUT2D eigenvalue weighted by atomic mass is 16.3. The van der Waals surface area contributed by atoms with Crippen molar-refractivity contribution in [3.8, 4) is 11.4 Å². The second-order valence-corrected chi connectivity index (χ2v) is 4.13. The van der Waals surface area contributed by atoms with E-state index in [1.807, 2.05) is 60.7 Å². The van der Waals surface area contributed by atoms with Crippen molar-refractivity contribution in [3.63, 3.8) is 0 Å². The van der Waals surface area contributed by atoms with E-state index in [9.17, 15) is 5.11 Å². The molecular weight excluding hydrogens is 238 g/mol. The number of aromatic hydroxyl groups is 1. The van der Waals surface area contributed by atoms with Gasteiger partial charge in [-0.1, -0.05) is 36.4 Å². The molecule has 0 aliphatic carbocycles. The molecule has 0 radical (unpaired) electrons. The van der Waals surface area contributed by atoms with Crippen molar-refractivity contribution in [1.82, 2.24) is 9.78 Å². The Morgan fingerprint density at radius 2 is 1.53 bits per heavy atom. The van der Waals surface area contributed by atoms with E-state index in [0.29, 0.717) is 5.82 Å². The first-order valence-electron chi connectivity index (χ1n) is 5.99. The van der Waals surface area contributed by atoms with E-state index in [4.69, 9.17) is 0 Å². The van der Waals surface area contributed by atoms with E-state index < -0.39 is 0 Å². The van der Waals surface area contributed by atoms with E-state index in [-0.39, 0.29) is 5.75 Å². The lowest BCUT2D eigenvalue weighted by Gasteiger charge is -2.02. The van der Waals surface area contributed by atoms with Crippen LogP contribution in [0.4, 0.5) is 11.5 Å². The molecule has 0 atom stereocenters. The molecule has 0 spiro atoms. The number of hydrogen-bond acceptors (Lipinski definition) is 3. The molecule has 0 aliphatic heterocycles. The number of benzene rings is 2. The second-order valence-electron chi connectivity index (χ2n) is 4.13. The number of aromatic nitrogens is 2. The molecule has 0 amide bonds. The summed E-state index contributed by atoms with van der Waals surface area (Å²) in [5.74, 6) is 0.558. The summed E-state index contributed by atoms with van der Waals surface area (Å²) in [6.07, 6.45) is 1.58. The highest BCUT2D eigenvalue weighted by Crippen LogP contribution is 2.25. The molecule has 1 heterocycles. The molecule has 2 N–H and O–H groups in total. The van der Waals surface area contributed by atoms with Crippen molar-refractivity contribution < 1.29 is 5.11 Å². The monoisotopic (exact) mass is 251 g/mol. The summed E-state index contributed by atoms with van der Waals surface area (Å²) in [6, 6.07) is 19.3. The molecular formula is C15H13N3O. The Morgan fingerprint density at radius 1 is 0.895 bits per heavy atom. The third-order valence-corrected chi connectivity index (χ3v) is 2.75. The molecule has 0 aliphatic rings. The van der Waals surface area contributed by atoms with Gasteiger partial charge in [0, 0.05) is 5.69 Å². The Kier molecular flexibility index (Phi) is 2.90. The predicted molar refractivity (Wildman–Crippen MR) is 75.0 cm³/mol. The molecule has 4 nitrogen and oxygen atoms in total. The maximum atomic E-state index is 9.91. The van der Waals surface area contributed by atoms with Gasteiger partial charge in [-0.2, -0.15) is 0 Å². The van der Waals surface area contributed by atoms with Crippen LogP contribution in [0.2, 0.25) is 0 Å². The van der Waals surface area contributed by atoms with E-state index in [1.54, 1.807) is 10.9 Å². The fourth-order valence-electron chi connectivity index (χ4n) is 1.83. The third kappa shape index (κ3) is 2.42. The van der Waals surface area contributed by atoms with E-state index in [2.05, 4.69) is 10.4 Å². The summed E-state index contributed by atoms with van der Waals surface area (Å²) in [7, 11) is 0. The number of para-hydroxylation sites is 2. The van der Waals surface area contributed by atoms with Crippen molar-refractivity contribution in [2.75, 3.05) is 5.32 Å². The van der Waals surface area contributed by atoms with Crippen LogP contribution in [0.1, 0.15) is 0 Å². The molecule has 2 aromatic carbocycles. The van der Waals surface area contributed by atoms with Crippen LogP contribution < -0.4 is 5.32 Å². The van der Waals surface area contributed by atoms with Crippen LogP contribution in [0.3, 0.4) is 0 Å². The molecule has 1 aromatic heterocycles. The van der Waals surface area contributed by atoms with Gasteiger partial charge in [0.05, 0.1) is 11.9 Å². The topological polar surface area (TPSA) is 50.1 Å². The molecule has 3 rings (SSSR count). The molecule has 0 bridgehead atoms. The van der Waals surface area contributed by atoms with Gasteiger partial charge in [0.2, 0.25) is 0 Å². The largest absolute Gasteiger partial charge is 0.503 e. The summed E-state index contributed by atoms with van der Waals surface area (Å²) in [5, 5.41) is 17.3. The van der Waals surface area contributed by atoms with Crippen LogP contribution in [0, 0.1) is 0 Å². The van der Waals surface area contributed by atoms with Gasteiger partial charge in [-0.25, -0.2) is 4.68 Å². The van der Waals surface area contributed by atoms with Crippen molar-refractivity contribution in [3.05, 3.63) is 66.9 Å². The zero-order valence-corrected chi connectivity index (χ0v) is 10.2. The number of hydrogen-bond donors (Lipinski definition) is 2. The SMILES string of the molecule is Oc1cn(-c2ccccc2)nc1Nc1ccccc1. The smallest absolute Gasteiger partial charge is 0.195 e. The van der Waals surface area contributed by atoms with Gasteiger partial charge in [-0.05, 0) is 24.3 Å². The van der Waals surface area contributed by atoms with Gasteiger partial charge in [-0.3, -0.25) is 0 Å². The second kappa shape index (κ2) is 4.86. The minimum absolute atomic E-state index is 0.118. The van der Waals surface area contributed by atoms with E-state index in [0.717, 1.165) is 11.4 Å². The standard InChI is InChI=1S/C15H13N3O/c19-14-11-18(13-9-5-2-6-10-13)17-15(14)16-12-7-3-1-4-8-12/h1-11,19H,(H,16,17). The number of nitrogens with zero attached hydrogens (tertiary/aromatic N) is 2. The van der Waals surface area contributed by atoms with Crippen molar-refractivity contribution >= 4 is 11.5 Å². The lowest BCUT2D eigenvalue weighted by molar-refractivity contribution is 0.477. The summed E-state index contributed by atoms with van der Waals surface area (Å²) in [5.41, 5.74) is 1.79. The zero-order valence-electron chi connectivity index (χ0n) is 10.2. The lowest BCUT2D eigenvalue weighted by Crippen LogP contribution is -1.96. The minimum atomic E-state index is 0.118. The zero-order chi connectivity index (χ0) is 13.1. The molecule has 0 fully saturated rings.